The first-order valence-corrected chi connectivity index (χ1v) is 7.97. The molecule has 3 rings (SSSR count). The number of hydrogen-bond donors (Lipinski definition) is 1. The number of hydrogen-bond acceptors (Lipinski definition) is 2. The van der Waals surface area contributed by atoms with Gasteiger partial charge >= 0.3 is 0 Å². The molecule has 0 spiro atoms. The largest absolute Gasteiger partial charge is 0.487 e. The molecule has 0 amide bonds. The van der Waals surface area contributed by atoms with E-state index in [1.807, 2.05) is 36.4 Å². The van der Waals surface area contributed by atoms with Crippen LogP contribution in [0.5, 0.6) is 5.75 Å². The molecule has 21 heavy (non-hydrogen) atoms. The van der Waals surface area contributed by atoms with Gasteiger partial charge in [-0.05, 0) is 37.1 Å². The van der Waals surface area contributed by atoms with Crippen LogP contribution in [0.2, 0.25) is 0 Å². The summed E-state index contributed by atoms with van der Waals surface area (Å²) in [6.45, 7) is 4.16. The van der Waals surface area contributed by atoms with Gasteiger partial charge in [-0.15, -0.1) is 0 Å². The predicted molar refractivity (Wildman–Crippen MR) is 87.7 cm³/mol. The Bertz CT molecular complexity index is 664. The highest BCUT2D eigenvalue weighted by atomic mass is 79.9. The van der Waals surface area contributed by atoms with E-state index in [1.165, 1.54) is 5.56 Å². The SMILES string of the molecule is CC1(C)Cc2cccc(C(O)Cc3cccc(Br)c3)c2O1. The summed E-state index contributed by atoms with van der Waals surface area (Å²) in [6.07, 6.45) is 0.919. The van der Waals surface area contributed by atoms with Crippen molar-refractivity contribution in [2.45, 2.75) is 38.4 Å². The van der Waals surface area contributed by atoms with Crippen molar-refractivity contribution in [3.8, 4) is 5.75 Å². The van der Waals surface area contributed by atoms with Crippen LogP contribution in [0.1, 0.15) is 36.6 Å². The molecular formula is C18H19BrO2. The highest BCUT2D eigenvalue weighted by Crippen LogP contribution is 2.40. The van der Waals surface area contributed by atoms with Gasteiger partial charge in [0.1, 0.15) is 11.4 Å². The quantitative estimate of drug-likeness (QED) is 0.890. The molecule has 0 saturated heterocycles. The lowest BCUT2D eigenvalue weighted by atomic mass is 9.96. The minimum absolute atomic E-state index is 0.187. The van der Waals surface area contributed by atoms with Crippen LogP contribution in [0.3, 0.4) is 0 Å². The normalized spacial score (nSPS) is 17.1. The van der Waals surface area contributed by atoms with Crippen LogP contribution >= 0.6 is 15.9 Å². The average Bonchev–Trinajstić information content (AvgIpc) is 2.72. The van der Waals surface area contributed by atoms with Crippen LogP contribution in [-0.2, 0) is 12.8 Å². The van der Waals surface area contributed by atoms with Crippen molar-refractivity contribution in [2.75, 3.05) is 0 Å². The van der Waals surface area contributed by atoms with Crippen molar-refractivity contribution in [3.05, 3.63) is 63.6 Å². The van der Waals surface area contributed by atoms with Gasteiger partial charge in [-0.3, -0.25) is 0 Å². The molecule has 2 aromatic carbocycles. The van der Waals surface area contributed by atoms with Gasteiger partial charge in [-0.1, -0.05) is 46.3 Å². The van der Waals surface area contributed by atoms with E-state index in [9.17, 15) is 5.11 Å². The summed E-state index contributed by atoms with van der Waals surface area (Å²) in [5.74, 6) is 0.866. The molecule has 1 heterocycles. The summed E-state index contributed by atoms with van der Waals surface area (Å²) < 4.78 is 7.07. The summed E-state index contributed by atoms with van der Waals surface area (Å²) in [7, 11) is 0. The van der Waals surface area contributed by atoms with Gasteiger partial charge < -0.3 is 9.84 Å². The first-order chi connectivity index (χ1) is 9.94. The van der Waals surface area contributed by atoms with Crippen LogP contribution in [-0.4, -0.2) is 10.7 Å². The summed E-state index contributed by atoms with van der Waals surface area (Å²) in [4.78, 5) is 0. The minimum atomic E-state index is -0.553. The lowest BCUT2D eigenvalue weighted by Crippen LogP contribution is -2.25. The van der Waals surface area contributed by atoms with Crippen molar-refractivity contribution in [2.24, 2.45) is 0 Å². The molecule has 2 aromatic rings. The van der Waals surface area contributed by atoms with Gasteiger partial charge in [-0.25, -0.2) is 0 Å². The molecule has 1 N–H and O–H groups in total. The van der Waals surface area contributed by atoms with Crippen LogP contribution in [0.4, 0.5) is 0 Å². The van der Waals surface area contributed by atoms with E-state index in [0.717, 1.165) is 27.8 Å². The van der Waals surface area contributed by atoms with Gasteiger partial charge in [0.2, 0.25) is 0 Å². The van der Waals surface area contributed by atoms with Crippen LogP contribution in [0.25, 0.3) is 0 Å². The fourth-order valence-electron chi connectivity index (χ4n) is 2.90. The number of benzene rings is 2. The lowest BCUT2D eigenvalue weighted by molar-refractivity contribution is 0.126. The van der Waals surface area contributed by atoms with E-state index in [-0.39, 0.29) is 5.60 Å². The van der Waals surface area contributed by atoms with Crippen molar-refractivity contribution in [1.82, 2.24) is 0 Å². The minimum Gasteiger partial charge on any atom is -0.487 e. The molecular weight excluding hydrogens is 328 g/mol. The first-order valence-electron chi connectivity index (χ1n) is 7.18. The molecule has 0 bridgehead atoms. The van der Waals surface area contributed by atoms with Crippen LogP contribution in [0, 0.1) is 0 Å². The van der Waals surface area contributed by atoms with Gasteiger partial charge in [-0.2, -0.15) is 0 Å². The number of rotatable bonds is 3. The van der Waals surface area contributed by atoms with Gasteiger partial charge in [0, 0.05) is 22.9 Å². The van der Waals surface area contributed by atoms with Gasteiger partial charge in [0.15, 0.2) is 0 Å². The topological polar surface area (TPSA) is 29.5 Å². The molecule has 2 nitrogen and oxygen atoms in total. The van der Waals surface area contributed by atoms with Crippen molar-refractivity contribution < 1.29 is 9.84 Å². The van der Waals surface area contributed by atoms with E-state index in [4.69, 9.17) is 4.74 Å². The van der Waals surface area contributed by atoms with Gasteiger partial charge in [0.05, 0.1) is 6.10 Å². The number of halogens is 1. The van der Waals surface area contributed by atoms with Crippen molar-refractivity contribution >= 4 is 15.9 Å². The highest BCUT2D eigenvalue weighted by Gasteiger charge is 2.32. The number of ether oxygens (including phenoxy) is 1. The summed E-state index contributed by atoms with van der Waals surface area (Å²) in [5.41, 5.74) is 2.99. The Morgan fingerprint density at radius 1 is 1.24 bits per heavy atom. The molecule has 0 fully saturated rings. The van der Waals surface area contributed by atoms with Crippen LogP contribution < -0.4 is 4.74 Å². The van der Waals surface area contributed by atoms with E-state index < -0.39 is 6.10 Å². The zero-order chi connectivity index (χ0) is 15.0. The maximum atomic E-state index is 10.6. The van der Waals surface area contributed by atoms with E-state index in [0.29, 0.717) is 6.42 Å². The van der Waals surface area contributed by atoms with Crippen molar-refractivity contribution in [3.63, 3.8) is 0 Å². The molecule has 110 valence electrons. The maximum Gasteiger partial charge on any atom is 0.129 e. The number of fused-ring (bicyclic) bond motifs is 1. The Hall–Kier alpha value is -1.32. The molecule has 1 atom stereocenters. The molecule has 1 aliphatic heterocycles. The molecule has 0 saturated carbocycles. The standard InChI is InChI=1S/C18H19BrO2/c1-18(2)11-13-6-4-8-15(17(13)21-18)16(20)10-12-5-3-7-14(19)9-12/h3-9,16,20H,10-11H2,1-2H3. The third kappa shape index (κ3) is 3.14. The Morgan fingerprint density at radius 2 is 2.00 bits per heavy atom. The van der Waals surface area contributed by atoms with E-state index >= 15 is 0 Å². The highest BCUT2D eigenvalue weighted by molar-refractivity contribution is 9.10. The predicted octanol–water partition coefficient (Wildman–Crippen LogP) is 4.44. The molecule has 3 heteroatoms. The first kappa shape index (κ1) is 14.6. The zero-order valence-electron chi connectivity index (χ0n) is 12.3. The fraction of sp³-hybridized carbons (Fsp3) is 0.333. The lowest BCUT2D eigenvalue weighted by Gasteiger charge is -2.20. The van der Waals surface area contributed by atoms with Crippen LogP contribution in [0.15, 0.2) is 46.9 Å². The van der Waals surface area contributed by atoms with E-state index in [1.54, 1.807) is 0 Å². The summed E-state index contributed by atoms with van der Waals surface area (Å²) in [6, 6.07) is 14.1. The maximum absolute atomic E-state index is 10.6. The third-order valence-electron chi connectivity index (χ3n) is 3.80. The second-order valence-electron chi connectivity index (χ2n) is 6.22. The Morgan fingerprint density at radius 3 is 2.76 bits per heavy atom. The number of para-hydroxylation sites is 1. The van der Waals surface area contributed by atoms with E-state index in [2.05, 4.69) is 35.8 Å². The molecule has 1 unspecified atom stereocenters. The Balaban J connectivity index is 1.87. The molecule has 1 aliphatic rings. The molecule has 0 aromatic heterocycles. The molecule has 0 radical (unpaired) electrons. The molecule has 0 aliphatic carbocycles. The second-order valence-corrected chi connectivity index (χ2v) is 7.14. The Labute approximate surface area is 133 Å². The fourth-order valence-corrected chi connectivity index (χ4v) is 3.35. The number of aliphatic hydroxyl groups is 1. The van der Waals surface area contributed by atoms with Crippen molar-refractivity contribution in [1.29, 1.82) is 0 Å². The average molecular weight is 347 g/mol. The number of aliphatic hydroxyl groups excluding tert-OH is 1. The monoisotopic (exact) mass is 346 g/mol. The summed E-state index contributed by atoms with van der Waals surface area (Å²) >= 11 is 3.47. The second kappa shape index (κ2) is 5.47. The smallest absolute Gasteiger partial charge is 0.129 e. The summed E-state index contributed by atoms with van der Waals surface area (Å²) in [5, 5.41) is 10.6. The zero-order valence-corrected chi connectivity index (χ0v) is 13.9. The van der Waals surface area contributed by atoms with Gasteiger partial charge in [0.25, 0.3) is 0 Å². The Kier molecular flexibility index (Phi) is 3.80. The third-order valence-corrected chi connectivity index (χ3v) is 4.29.